The lowest BCUT2D eigenvalue weighted by Gasteiger charge is -2.44. The van der Waals surface area contributed by atoms with Crippen LogP contribution in [0.2, 0.25) is 0 Å². The summed E-state index contributed by atoms with van der Waals surface area (Å²) < 4.78 is 6.92. The van der Waals surface area contributed by atoms with E-state index in [1.54, 1.807) is 11.8 Å². The number of ether oxygens (including phenoxy) is 1. The van der Waals surface area contributed by atoms with Gasteiger partial charge in [-0.25, -0.2) is 0 Å². The summed E-state index contributed by atoms with van der Waals surface area (Å²) in [6, 6.07) is 0. The van der Waals surface area contributed by atoms with Crippen molar-refractivity contribution >= 4 is 11.8 Å². The Bertz CT molecular complexity index is 744. The maximum Gasteiger partial charge on any atom is 0.273 e. The second-order valence-electron chi connectivity index (χ2n) is 8.09. The summed E-state index contributed by atoms with van der Waals surface area (Å²) in [4.78, 5) is 30.7. The zero-order chi connectivity index (χ0) is 19.0. The predicted molar refractivity (Wildman–Crippen MR) is 101 cm³/mol. The first-order chi connectivity index (χ1) is 13.1. The molecule has 0 saturated carbocycles. The van der Waals surface area contributed by atoms with Crippen molar-refractivity contribution < 1.29 is 14.3 Å². The summed E-state index contributed by atoms with van der Waals surface area (Å²) in [6.45, 7) is 2.54. The Hall–Kier alpha value is -1.89. The van der Waals surface area contributed by atoms with Crippen molar-refractivity contribution in [3.05, 3.63) is 17.0 Å². The first-order valence-corrected chi connectivity index (χ1v) is 10.2. The minimum absolute atomic E-state index is 0.00686. The number of methoxy groups -OCH3 is 1. The molecule has 0 radical (unpaired) electrons. The quantitative estimate of drug-likeness (QED) is 0.802. The third-order valence-corrected chi connectivity index (χ3v) is 6.52. The molecule has 0 aromatic carbocycles. The van der Waals surface area contributed by atoms with E-state index in [2.05, 4.69) is 5.10 Å². The van der Waals surface area contributed by atoms with E-state index < -0.39 is 5.54 Å². The zero-order valence-electron chi connectivity index (χ0n) is 16.5. The lowest BCUT2D eigenvalue weighted by molar-refractivity contribution is -0.146. The third-order valence-electron chi connectivity index (χ3n) is 6.52. The second kappa shape index (κ2) is 7.26. The lowest BCUT2D eigenvalue weighted by atomic mass is 9.85. The van der Waals surface area contributed by atoms with Crippen molar-refractivity contribution in [1.82, 2.24) is 19.6 Å². The van der Waals surface area contributed by atoms with Crippen molar-refractivity contribution in [2.24, 2.45) is 7.05 Å². The Morgan fingerprint density at radius 1 is 1.15 bits per heavy atom. The summed E-state index contributed by atoms with van der Waals surface area (Å²) in [5.41, 5.74) is 2.20. The van der Waals surface area contributed by atoms with Crippen LogP contribution in [0.1, 0.15) is 60.3 Å². The molecular formula is C20H30N4O3. The molecule has 3 aliphatic rings. The second-order valence-corrected chi connectivity index (χ2v) is 8.09. The number of aryl methyl sites for hydroxylation is 2. The van der Waals surface area contributed by atoms with Crippen LogP contribution < -0.4 is 0 Å². The molecule has 2 aliphatic heterocycles. The number of hydrogen-bond acceptors (Lipinski definition) is 4. The standard InChI is InChI=1S/C20H30N4O3/c1-22-17(15-7-3-4-8-16(15)21-22)18(25)24-12-6-10-20(24)9-5-11-23(19(20)26)13-14-27-2/h3-14H2,1-2H3. The van der Waals surface area contributed by atoms with Gasteiger partial charge in [0.15, 0.2) is 0 Å². The maximum atomic E-state index is 13.6. The van der Waals surface area contributed by atoms with Crippen LogP contribution in [-0.4, -0.2) is 70.3 Å². The van der Waals surface area contributed by atoms with Gasteiger partial charge in [0.05, 0.1) is 12.3 Å². The fourth-order valence-electron chi connectivity index (χ4n) is 5.21. The van der Waals surface area contributed by atoms with Crippen LogP contribution in [0, 0.1) is 0 Å². The van der Waals surface area contributed by atoms with Crippen LogP contribution in [0.3, 0.4) is 0 Å². The van der Waals surface area contributed by atoms with Gasteiger partial charge in [0, 0.05) is 39.4 Å². The molecule has 0 bridgehead atoms. The topological polar surface area (TPSA) is 67.7 Å². The number of carbonyl (C=O) groups is 2. The van der Waals surface area contributed by atoms with E-state index in [-0.39, 0.29) is 11.8 Å². The van der Waals surface area contributed by atoms with E-state index in [4.69, 9.17) is 4.74 Å². The minimum atomic E-state index is -0.672. The number of likely N-dealkylation sites (tertiary alicyclic amines) is 2. The van der Waals surface area contributed by atoms with Gasteiger partial charge in [-0.05, 0) is 51.4 Å². The molecule has 1 aliphatic carbocycles. The van der Waals surface area contributed by atoms with Gasteiger partial charge in [0.25, 0.3) is 5.91 Å². The van der Waals surface area contributed by atoms with Crippen LogP contribution in [0.25, 0.3) is 0 Å². The smallest absolute Gasteiger partial charge is 0.273 e. The number of nitrogens with zero attached hydrogens (tertiary/aromatic N) is 4. The highest BCUT2D eigenvalue weighted by Gasteiger charge is 2.53. The maximum absolute atomic E-state index is 13.6. The molecule has 1 spiro atoms. The van der Waals surface area contributed by atoms with Gasteiger partial charge in [0.1, 0.15) is 11.2 Å². The molecule has 27 heavy (non-hydrogen) atoms. The highest BCUT2D eigenvalue weighted by atomic mass is 16.5. The molecule has 1 unspecified atom stereocenters. The van der Waals surface area contributed by atoms with Crippen molar-refractivity contribution in [3.8, 4) is 0 Å². The molecule has 3 heterocycles. The molecule has 148 valence electrons. The van der Waals surface area contributed by atoms with Gasteiger partial charge in [-0.2, -0.15) is 5.10 Å². The van der Waals surface area contributed by atoms with Gasteiger partial charge in [-0.1, -0.05) is 0 Å². The Morgan fingerprint density at radius 2 is 1.89 bits per heavy atom. The van der Waals surface area contributed by atoms with Crippen LogP contribution in [0.5, 0.6) is 0 Å². The largest absolute Gasteiger partial charge is 0.383 e. The summed E-state index contributed by atoms with van der Waals surface area (Å²) in [5.74, 6) is 0.0975. The van der Waals surface area contributed by atoms with E-state index in [9.17, 15) is 9.59 Å². The predicted octanol–water partition coefficient (Wildman–Crippen LogP) is 1.54. The molecule has 1 atom stereocenters. The van der Waals surface area contributed by atoms with Gasteiger partial charge in [-0.3, -0.25) is 14.3 Å². The molecule has 4 rings (SSSR count). The molecule has 2 fully saturated rings. The Balaban J connectivity index is 1.64. The zero-order valence-corrected chi connectivity index (χ0v) is 16.5. The summed E-state index contributed by atoms with van der Waals surface area (Å²) >= 11 is 0. The summed E-state index contributed by atoms with van der Waals surface area (Å²) in [5, 5.41) is 4.61. The van der Waals surface area contributed by atoms with Crippen molar-refractivity contribution in [2.45, 2.75) is 56.9 Å². The Labute approximate surface area is 160 Å². The molecule has 7 heteroatoms. The number of aromatic nitrogens is 2. The molecule has 7 nitrogen and oxygen atoms in total. The first kappa shape index (κ1) is 18.5. The average Bonchev–Trinajstić information content (AvgIpc) is 3.23. The SMILES string of the molecule is COCCN1CCCC2(CCCN2C(=O)c2c3c(nn2C)CCCC3)C1=O. The average molecular weight is 374 g/mol. The molecule has 1 aromatic heterocycles. The normalized spacial score (nSPS) is 25.3. The van der Waals surface area contributed by atoms with Crippen molar-refractivity contribution in [1.29, 1.82) is 0 Å². The number of fused-ring (bicyclic) bond motifs is 1. The highest BCUT2D eigenvalue weighted by molar-refractivity contribution is 6.00. The fraction of sp³-hybridized carbons (Fsp3) is 0.750. The Kier molecular flexibility index (Phi) is 4.97. The van der Waals surface area contributed by atoms with Gasteiger partial charge < -0.3 is 14.5 Å². The van der Waals surface area contributed by atoms with Gasteiger partial charge in [0.2, 0.25) is 5.91 Å². The number of amides is 2. The van der Waals surface area contributed by atoms with Crippen LogP contribution in [0.15, 0.2) is 0 Å². The van der Waals surface area contributed by atoms with Crippen LogP contribution in [-0.2, 0) is 29.4 Å². The van der Waals surface area contributed by atoms with E-state index in [0.717, 1.165) is 69.2 Å². The third kappa shape index (κ3) is 2.96. The molecule has 1 aromatic rings. The fourth-order valence-corrected chi connectivity index (χ4v) is 5.21. The van der Waals surface area contributed by atoms with Crippen LogP contribution >= 0.6 is 0 Å². The Morgan fingerprint density at radius 3 is 2.67 bits per heavy atom. The van der Waals surface area contributed by atoms with Gasteiger partial charge >= 0.3 is 0 Å². The monoisotopic (exact) mass is 374 g/mol. The van der Waals surface area contributed by atoms with E-state index in [1.807, 2.05) is 16.8 Å². The molecule has 0 N–H and O–H groups in total. The number of carbonyl (C=O) groups excluding carboxylic acids is 2. The lowest BCUT2D eigenvalue weighted by Crippen LogP contribution is -2.61. The number of piperidine rings is 1. The van der Waals surface area contributed by atoms with Crippen molar-refractivity contribution in [2.75, 3.05) is 33.4 Å². The minimum Gasteiger partial charge on any atom is -0.383 e. The van der Waals surface area contributed by atoms with E-state index in [0.29, 0.717) is 25.4 Å². The van der Waals surface area contributed by atoms with Gasteiger partial charge in [-0.15, -0.1) is 0 Å². The molecule has 2 saturated heterocycles. The number of rotatable bonds is 4. The van der Waals surface area contributed by atoms with Crippen LogP contribution in [0.4, 0.5) is 0 Å². The number of hydrogen-bond donors (Lipinski definition) is 0. The summed E-state index contributed by atoms with van der Waals surface area (Å²) in [7, 11) is 3.52. The molecular weight excluding hydrogens is 344 g/mol. The van der Waals surface area contributed by atoms with E-state index in [1.165, 1.54) is 0 Å². The summed E-state index contributed by atoms with van der Waals surface area (Å²) in [6.07, 6.45) is 7.46. The first-order valence-electron chi connectivity index (χ1n) is 10.2. The molecule has 2 amide bonds. The van der Waals surface area contributed by atoms with Crippen molar-refractivity contribution in [3.63, 3.8) is 0 Å². The van der Waals surface area contributed by atoms with E-state index >= 15 is 0 Å². The highest BCUT2D eigenvalue weighted by Crippen LogP contribution is 2.40.